The van der Waals surface area contributed by atoms with E-state index in [1.54, 1.807) is 0 Å². The van der Waals surface area contributed by atoms with Crippen LogP contribution in [0.4, 0.5) is 0 Å². The molecule has 0 spiro atoms. The van der Waals surface area contributed by atoms with Gasteiger partial charge in [0.2, 0.25) is 0 Å². The third kappa shape index (κ3) is 3.31. The van der Waals surface area contributed by atoms with E-state index in [1.807, 2.05) is 13.0 Å². The van der Waals surface area contributed by atoms with Crippen LogP contribution >= 0.6 is 11.6 Å². The number of halogens is 1. The summed E-state index contributed by atoms with van der Waals surface area (Å²) in [7, 11) is 0. The van der Waals surface area contributed by atoms with Crippen LogP contribution < -0.4 is 0 Å². The van der Waals surface area contributed by atoms with Crippen molar-refractivity contribution in [2.24, 2.45) is 0 Å². The molecule has 0 radical (unpaired) electrons. The molecule has 0 saturated heterocycles. The Morgan fingerprint density at radius 1 is 1.31 bits per heavy atom. The highest BCUT2D eigenvalue weighted by Crippen LogP contribution is 2.04. The molecule has 1 aromatic rings. The van der Waals surface area contributed by atoms with E-state index in [9.17, 15) is 0 Å². The Kier molecular flexibility index (Phi) is 4.16. The van der Waals surface area contributed by atoms with Gasteiger partial charge in [0.05, 0.1) is 0 Å². The molecule has 1 aromatic heterocycles. The fraction of sp³-hybridized carbons (Fsp3) is 0.600. The lowest BCUT2D eigenvalue weighted by Gasteiger charge is -2.03. The van der Waals surface area contributed by atoms with Gasteiger partial charge >= 0.3 is 0 Å². The number of nitrogens with zero attached hydrogens (tertiary/aromatic N) is 2. The molecule has 0 aliphatic heterocycles. The molecular weight excluding hydrogens is 184 g/mol. The Hall–Kier alpha value is -0.630. The van der Waals surface area contributed by atoms with Crippen LogP contribution in [0.1, 0.15) is 30.6 Å². The number of aryl methyl sites for hydroxylation is 3. The maximum Gasteiger partial charge on any atom is 0.130 e. The zero-order valence-electron chi connectivity index (χ0n) is 8.18. The van der Waals surface area contributed by atoms with Gasteiger partial charge in [-0.3, -0.25) is 0 Å². The van der Waals surface area contributed by atoms with E-state index in [0.717, 1.165) is 36.5 Å². The second kappa shape index (κ2) is 5.18. The number of hydrogen-bond donors (Lipinski definition) is 0. The molecule has 0 amide bonds. The summed E-state index contributed by atoms with van der Waals surface area (Å²) >= 11 is 5.64. The van der Waals surface area contributed by atoms with Crippen LogP contribution in [0.2, 0.25) is 0 Å². The minimum Gasteiger partial charge on any atom is -0.238 e. The summed E-state index contributed by atoms with van der Waals surface area (Å²) in [5.41, 5.74) is 2.17. The lowest BCUT2D eigenvalue weighted by Crippen LogP contribution is -2.02. The monoisotopic (exact) mass is 198 g/mol. The van der Waals surface area contributed by atoms with E-state index >= 15 is 0 Å². The molecule has 0 saturated carbocycles. The molecule has 0 aliphatic rings. The van der Waals surface area contributed by atoms with Crippen molar-refractivity contribution < 1.29 is 0 Å². The SMILES string of the molecule is CCCc1cc(C)nc(CCCl)n1. The number of aromatic nitrogens is 2. The molecular formula is C10H15ClN2. The molecule has 3 heteroatoms. The molecule has 0 aromatic carbocycles. The summed E-state index contributed by atoms with van der Waals surface area (Å²) in [6.45, 7) is 4.15. The van der Waals surface area contributed by atoms with E-state index in [4.69, 9.17) is 11.6 Å². The Morgan fingerprint density at radius 3 is 2.69 bits per heavy atom. The van der Waals surface area contributed by atoms with Crippen LogP contribution in [0, 0.1) is 6.92 Å². The lowest BCUT2D eigenvalue weighted by atomic mass is 10.2. The van der Waals surface area contributed by atoms with Crippen molar-refractivity contribution >= 4 is 11.6 Å². The number of hydrogen-bond acceptors (Lipinski definition) is 2. The number of alkyl halides is 1. The van der Waals surface area contributed by atoms with Gasteiger partial charge in [0.15, 0.2) is 0 Å². The highest BCUT2D eigenvalue weighted by Gasteiger charge is 2.00. The third-order valence-electron chi connectivity index (χ3n) is 1.78. The van der Waals surface area contributed by atoms with Gasteiger partial charge in [-0.25, -0.2) is 9.97 Å². The van der Waals surface area contributed by atoms with E-state index in [2.05, 4.69) is 16.9 Å². The zero-order valence-corrected chi connectivity index (χ0v) is 8.93. The summed E-state index contributed by atoms with van der Waals surface area (Å²) in [4.78, 5) is 8.73. The second-order valence-electron chi connectivity index (χ2n) is 3.11. The molecule has 0 bridgehead atoms. The van der Waals surface area contributed by atoms with Gasteiger partial charge in [0.1, 0.15) is 5.82 Å². The molecule has 1 rings (SSSR count). The molecule has 2 nitrogen and oxygen atoms in total. The van der Waals surface area contributed by atoms with E-state index in [0.29, 0.717) is 5.88 Å². The van der Waals surface area contributed by atoms with Gasteiger partial charge in [-0.2, -0.15) is 0 Å². The van der Waals surface area contributed by atoms with Crippen molar-refractivity contribution in [3.05, 3.63) is 23.3 Å². The maximum atomic E-state index is 5.64. The standard InChI is InChI=1S/C10H15ClN2/c1-3-4-9-7-8(2)12-10(13-9)5-6-11/h7H,3-6H2,1-2H3. The average molecular weight is 199 g/mol. The zero-order chi connectivity index (χ0) is 9.68. The highest BCUT2D eigenvalue weighted by molar-refractivity contribution is 6.17. The van der Waals surface area contributed by atoms with Crippen LogP contribution in [-0.4, -0.2) is 15.8 Å². The molecule has 0 unspecified atom stereocenters. The fourth-order valence-corrected chi connectivity index (χ4v) is 1.45. The molecule has 13 heavy (non-hydrogen) atoms. The minimum atomic E-state index is 0.592. The minimum absolute atomic E-state index is 0.592. The van der Waals surface area contributed by atoms with Crippen LogP contribution in [0.5, 0.6) is 0 Å². The highest BCUT2D eigenvalue weighted by atomic mass is 35.5. The first-order valence-electron chi connectivity index (χ1n) is 4.65. The predicted octanol–water partition coefficient (Wildman–Crippen LogP) is 2.52. The maximum absolute atomic E-state index is 5.64. The van der Waals surface area contributed by atoms with Crippen molar-refractivity contribution in [1.29, 1.82) is 0 Å². The first kappa shape index (κ1) is 10.5. The Bertz CT molecular complexity index is 249. The Morgan fingerprint density at radius 2 is 2.08 bits per heavy atom. The van der Waals surface area contributed by atoms with Gasteiger partial charge in [-0.05, 0) is 19.4 Å². The van der Waals surface area contributed by atoms with Crippen molar-refractivity contribution in [1.82, 2.24) is 9.97 Å². The van der Waals surface area contributed by atoms with E-state index in [-0.39, 0.29) is 0 Å². The number of rotatable bonds is 4. The van der Waals surface area contributed by atoms with E-state index in [1.165, 1.54) is 0 Å². The fourth-order valence-electron chi connectivity index (χ4n) is 1.28. The molecule has 1 heterocycles. The van der Waals surface area contributed by atoms with Crippen molar-refractivity contribution in [3.8, 4) is 0 Å². The van der Waals surface area contributed by atoms with Crippen LogP contribution in [0.3, 0.4) is 0 Å². The lowest BCUT2D eigenvalue weighted by molar-refractivity contribution is 0.825. The largest absolute Gasteiger partial charge is 0.238 e. The van der Waals surface area contributed by atoms with Crippen LogP contribution in [-0.2, 0) is 12.8 Å². The summed E-state index contributed by atoms with van der Waals surface area (Å²) < 4.78 is 0. The molecule has 0 N–H and O–H groups in total. The van der Waals surface area contributed by atoms with E-state index < -0.39 is 0 Å². The van der Waals surface area contributed by atoms with Crippen molar-refractivity contribution in [2.75, 3.05) is 5.88 Å². The van der Waals surface area contributed by atoms with Gasteiger partial charge in [0.25, 0.3) is 0 Å². The molecule has 0 atom stereocenters. The summed E-state index contributed by atoms with van der Waals surface area (Å²) in [5, 5.41) is 0. The first-order valence-corrected chi connectivity index (χ1v) is 5.19. The summed E-state index contributed by atoms with van der Waals surface area (Å²) in [6.07, 6.45) is 2.91. The van der Waals surface area contributed by atoms with Crippen LogP contribution in [0.15, 0.2) is 6.07 Å². The summed E-state index contributed by atoms with van der Waals surface area (Å²) in [6, 6.07) is 2.04. The molecule has 0 fully saturated rings. The van der Waals surface area contributed by atoms with Gasteiger partial charge in [-0.1, -0.05) is 13.3 Å². The van der Waals surface area contributed by atoms with Gasteiger partial charge in [-0.15, -0.1) is 11.6 Å². The van der Waals surface area contributed by atoms with Gasteiger partial charge < -0.3 is 0 Å². The molecule has 0 aliphatic carbocycles. The van der Waals surface area contributed by atoms with Gasteiger partial charge in [0, 0.05) is 23.7 Å². The smallest absolute Gasteiger partial charge is 0.130 e. The van der Waals surface area contributed by atoms with Crippen LogP contribution in [0.25, 0.3) is 0 Å². The topological polar surface area (TPSA) is 25.8 Å². The van der Waals surface area contributed by atoms with Crippen molar-refractivity contribution in [3.63, 3.8) is 0 Å². The average Bonchev–Trinajstić information content (AvgIpc) is 2.04. The third-order valence-corrected chi connectivity index (χ3v) is 1.97. The first-order chi connectivity index (χ1) is 6.26. The normalized spacial score (nSPS) is 10.4. The Balaban J connectivity index is 2.83. The van der Waals surface area contributed by atoms with Crippen molar-refractivity contribution in [2.45, 2.75) is 33.1 Å². The second-order valence-corrected chi connectivity index (χ2v) is 3.48. The summed E-state index contributed by atoms with van der Waals surface area (Å²) in [5.74, 6) is 1.47. The Labute approximate surface area is 84.4 Å². The quantitative estimate of drug-likeness (QED) is 0.695. The molecule has 72 valence electrons. The predicted molar refractivity (Wildman–Crippen MR) is 55.2 cm³/mol.